The van der Waals surface area contributed by atoms with E-state index < -0.39 is 0 Å². The second-order valence-electron chi connectivity index (χ2n) is 7.59. The summed E-state index contributed by atoms with van der Waals surface area (Å²) in [6.07, 6.45) is 4.52. The lowest BCUT2D eigenvalue weighted by Gasteiger charge is -2.44. The summed E-state index contributed by atoms with van der Waals surface area (Å²) in [4.78, 5) is 2.51. The van der Waals surface area contributed by atoms with E-state index in [1.807, 2.05) is 0 Å². The summed E-state index contributed by atoms with van der Waals surface area (Å²) >= 11 is 0. The summed E-state index contributed by atoms with van der Waals surface area (Å²) in [5, 5.41) is 0. The van der Waals surface area contributed by atoms with E-state index >= 15 is 0 Å². The first-order valence-electron chi connectivity index (χ1n) is 9.75. The second-order valence-corrected chi connectivity index (χ2v) is 7.59. The molecule has 0 N–H and O–H groups in total. The number of rotatable bonds is 1. The Labute approximate surface area is 165 Å². The van der Waals surface area contributed by atoms with Crippen molar-refractivity contribution in [3.05, 3.63) is 119 Å². The molecule has 3 aromatic carbocycles. The number of anilines is 1. The highest BCUT2D eigenvalue weighted by atomic mass is 15.3. The molecule has 0 fully saturated rings. The summed E-state index contributed by atoms with van der Waals surface area (Å²) in [6, 6.07) is 30.9. The fourth-order valence-electron chi connectivity index (χ4n) is 4.60. The molecule has 3 heterocycles. The third-order valence-electron chi connectivity index (χ3n) is 5.91. The van der Waals surface area contributed by atoms with Crippen LogP contribution in [0.5, 0.6) is 0 Å². The first-order valence-corrected chi connectivity index (χ1v) is 9.75. The van der Waals surface area contributed by atoms with Gasteiger partial charge in [0.1, 0.15) is 6.04 Å². The third-order valence-corrected chi connectivity index (χ3v) is 5.91. The highest BCUT2D eigenvalue weighted by Gasteiger charge is 2.37. The van der Waals surface area contributed by atoms with Crippen molar-refractivity contribution >= 4 is 17.5 Å². The highest BCUT2D eigenvalue weighted by molar-refractivity contribution is 5.96. The van der Waals surface area contributed by atoms with Gasteiger partial charge < -0.3 is 9.47 Å². The number of aromatic nitrogens is 1. The largest absolute Gasteiger partial charge is 0.326 e. The third kappa shape index (κ3) is 2.09. The Bertz CT molecular complexity index is 1230. The number of fused-ring (bicyclic) bond motifs is 8. The summed E-state index contributed by atoms with van der Waals surface area (Å²) in [5.74, 6) is 0. The molecule has 6 rings (SSSR count). The van der Waals surface area contributed by atoms with Crippen LogP contribution in [-0.4, -0.2) is 4.57 Å². The molecule has 0 spiro atoms. The van der Waals surface area contributed by atoms with E-state index in [0.29, 0.717) is 0 Å². The summed E-state index contributed by atoms with van der Waals surface area (Å²) < 4.78 is 2.34. The highest BCUT2D eigenvalue weighted by Crippen LogP contribution is 2.49. The fourth-order valence-corrected chi connectivity index (χ4v) is 4.60. The van der Waals surface area contributed by atoms with Crippen LogP contribution in [0.25, 0.3) is 17.5 Å². The van der Waals surface area contributed by atoms with Crippen molar-refractivity contribution in [2.75, 3.05) is 4.90 Å². The molecule has 1 atom stereocenters. The van der Waals surface area contributed by atoms with Gasteiger partial charge in [-0.1, -0.05) is 66.2 Å². The van der Waals surface area contributed by atoms with Crippen LogP contribution >= 0.6 is 0 Å². The van der Waals surface area contributed by atoms with Gasteiger partial charge in [-0.15, -0.1) is 0 Å². The fraction of sp³-hybridized carbons (Fsp3) is 0.0769. The Morgan fingerprint density at radius 3 is 2.32 bits per heavy atom. The van der Waals surface area contributed by atoms with Crippen molar-refractivity contribution in [2.24, 2.45) is 0 Å². The normalized spacial score (nSPS) is 16.5. The summed E-state index contributed by atoms with van der Waals surface area (Å²) in [6.45, 7) is 2.14. The van der Waals surface area contributed by atoms with Crippen LogP contribution in [0.3, 0.4) is 0 Å². The van der Waals surface area contributed by atoms with Gasteiger partial charge in [0.05, 0.1) is 22.8 Å². The average molecular weight is 360 g/mol. The zero-order valence-electron chi connectivity index (χ0n) is 15.7. The van der Waals surface area contributed by atoms with Crippen LogP contribution < -0.4 is 4.90 Å². The molecule has 0 radical (unpaired) electrons. The van der Waals surface area contributed by atoms with Crippen molar-refractivity contribution in [3.8, 4) is 5.69 Å². The molecule has 2 heteroatoms. The molecular formula is C26H20N2. The number of benzene rings is 3. The molecule has 2 aliphatic rings. The van der Waals surface area contributed by atoms with E-state index in [1.165, 1.54) is 45.0 Å². The quantitative estimate of drug-likeness (QED) is 0.392. The number of hydrogen-bond donors (Lipinski definition) is 0. The number of para-hydroxylation sites is 2. The SMILES string of the molecule is Cc1ccc(C2=Cc3ccccc3C3c4cccn4-c4ccccc4N23)cc1. The van der Waals surface area contributed by atoms with Gasteiger partial charge in [-0.05, 0) is 54.0 Å². The van der Waals surface area contributed by atoms with Crippen molar-refractivity contribution in [1.82, 2.24) is 4.57 Å². The standard InChI is InChI=1S/C26H20N2/c1-18-12-14-19(15-13-18)25-17-20-7-2-3-8-21(20)26-24-11-6-16-27(24)22-9-4-5-10-23(22)28(25)26/h2-17,26H,1H3. The van der Waals surface area contributed by atoms with E-state index in [1.54, 1.807) is 0 Å². The Balaban J connectivity index is 1.68. The average Bonchev–Trinajstić information content (AvgIpc) is 3.23. The zero-order chi connectivity index (χ0) is 18.7. The number of aryl methyl sites for hydroxylation is 1. The van der Waals surface area contributed by atoms with Crippen LogP contribution in [0.15, 0.2) is 91.1 Å². The van der Waals surface area contributed by atoms with E-state index in [2.05, 4.69) is 114 Å². The molecule has 0 bridgehead atoms. The minimum absolute atomic E-state index is 0.169. The lowest BCUT2D eigenvalue weighted by Crippen LogP contribution is -2.36. The minimum Gasteiger partial charge on any atom is -0.326 e. The Kier molecular flexibility index (Phi) is 3.18. The molecule has 0 amide bonds. The Morgan fingerprint density at radius 1 is 0.714 bits per heavy atom. The molecule has 4 aromatic rings. The number of nitrogens with zero attached hydrogens (tertiary/aromatic N) is 2. The van der Waals surface area contributed by atoms with Gasteiger partial charge in [0, 0.05) is 6.20 Å². The molecule has 2 nitrogen and oxygen atoms in total. The van der Waals surface area contributed by atoms with E-state index in [0.717, 1.165) is 0 Å². The summed E-state index contributed by atoms with van der Waals surface area (Å²) in [5.41, 5.74) is 10.2. The molecule has 0 saturated heterocycles. The van der Waals surface area contributed by atoms with Gasteiger partial charge in [-0.3, -0.25) is 0 Å². The van der Waals surface area contributed by atoms with E-state index in [-0.39, 0.29) is 6.04 Å². The lowest BCUT2D eigenvalue weighted by molar-refractivity contribution is 0.728. The first kappa shape index (κ1) is 15.5. The van der Waals surface area contributed by atoms with Crippen molar-refractivity contribution in [3.63, 3.8) is 0 Å². The molecule has 0 aliphatic carbocycles. The predicted octanol–water partition coefficient (Wildman–Crippen LogP) is 6.21. The van der Waals surface area contributed by atoms with Gasteiger partial charge in [0.15, 0.2) is 0 Å². The lowest BCUT2D eigenvalue weighted by atomic mass is 9.87. The van der Waals surface area contributed by atoms with Crippen LogP contribution in [0.2, 0.25) is 0 Å². The second kappa shape index (κ2) is 5.74. The molecule has 28 heavy (non-hydrogen) atoms. The first-order chi connectivity index (χ1) is 13.8. The Morgan fingerprint density at radius 2 is 1.46 bits per heavy atom. The van der Waals surface area contributed by atoms with Crippen molar-refractivity contribution < 1.29 is 0 Å². The van der Waals surface area contributed by atoms with Crippen LogP contribution in [0.1, 0.15) is 34.0 Å². The van der Waals surface area contributed by atoms with Crippen LogP contribution in [0, 0.1) is 6.92 Å². The van der Waals surface area contributed by atoms with Crippen molar-refractivity contribution in [1.29, 1.82) is 0 Å². The summed E-state index contributed by atoms with van der Waals surface area (Å²) in [7, 11) is 0. The molecule has 0 saturated carbocycles. The monoisotopic (exact) mass is 360 g/mol. The molecular weight excluding hydrogens is 340 g/mol. The smallest absolute Gasteiger partial charge is 0.100 e. The van der Waals surface area contributed by atoms with Gasteiger partial charge >= 0.3 is 0 Å². The van der Waals surface area contributed by atoms with E-state index in [4.69, 9.17) is 0 Å². The Hall–Kier alpha value is -3.52. The predicted molar refractivity (Wildman–Crippen MR) is 116 cm³/mol. The number of hydrogen-bond acceptors (Lipinski definition) is 1. The molecule has 1 aromatic heterocycles. The van der Waals surface area contributed by atoms with Gasteiger partial charge in [-0.2, -0.15) is 0 Å². The maximum absolute atomic E-state index is 2.51. The zero-order valence-corrected chi connectivity index (χ0v) is 15.7. The van der Waals surface area contributed by atoms with Gasteiger partial charge in [-0.25, -0.2) is 0 Å². The maximum atomic E-state index is 2.51. The minimum atomic E-state index is 0.169. The van der Waals surface area contributed by atoms with Crippen LogP contribution in [0.4, 0.5) is 5.69 Å². The molecule has 1 unspecified atom stereocenters. The van der Waals surface area contributed by atoms with Gasteiger partial charge in [0.2, 0.25) is 0 Å². The van der Waals surface area contributed by atoms with Crippen molar-refractivity contribution in [2.45, 2.75) is 13.0 Å². The van der Waals surface area contributed by atoms with E-state index in [9.17, 15) is 0 Å². The van der Waals surface area contributed by atoms with Crippen LogP contribution in [-0.2, 0) is 0 Å². The topological polar surface area (TPSA) is 8.17 Å². The maximum Gasteiger partial charge on any atom is 0.100 e. The molecule has 134 valence electrons. The van der Waals surface area contributed by atoms with Gasteiger partial charge in [0.25, 0.3) is 0 Å². The molecule has 2 aliphatic heterocycles.